The molecule has 4 nitrogen and oxygen atoms in total. The summed E-state index contributed by atoms with van der Waals surface area (Å²) in [6.07, 6.45) is 0. The molecule has 3 rings (SSSR count). The van der Waals surface area contributed by atoms with Gasteiger partial charge in [0.25, 0.3) is 0 Å². The molecule has 23 heavy (non-hydrogen) atoms. The van der Waals surface area contributed by atoms with Gasteiger partial charge in [0.05, 0.1) is 11.7 Å². The molecule has 0 amide bonds. The highest BCUT2D eigenvalue weighted by Crippen LogP contribution is 2.29. The van der Waals surface area contributed by atoms with Crippen molar-refractivity contribution >= 4 is 28.1 Å². The Hall–Kier alpha value is -2.66. The Morgan fingerprint density at radius 3 is 2.78 bits per heavy atom. The fraction of sp³-hybridized carbons (Fsp3) is 0.111. The molecule has 1 aromatic heterocycles. The molecule has 0 unspecified atom stereocenters. The average Bonchev–Trinajstić information content (AvgIpc) is 2.98. The van der Waals surface area contributed by atoms with Crippen LogP contribution in [0.1, 0.15) is 21.5 Å². The van der Waals surface area contributed by atoms with Crippen LogP contribution in [0.15, 0.2) is 47.8 Å². The van der Waals surface area contributed by atoms with E-state index in [4.69, 9.17) is 0 Å². The van der Waals surface area contributed by atoms with E-state index in [1.54, 1.807) is 12.1 Å². The maximum Gasteiger partial charge on any atom is 0.187 e. The molecular formula is C18H15N2O2S-. The number of rotatable bonds is 4. The Kier molecular flexibility index (Phi) is 4.12. The van der Waals surface area contributed by atoms with E-state index in [0.29, 0.717) is 5.69 Å². The molecule has 3 aromatic rings. The Bertz CT molecular complexity index is 871. The molecule has 0 bridgehead atoms. The molecule has 0 spiro atoms. The monoisotopic (exact) mass is 323 g/mol. The van der Waals surface area contributed by atoms with Gasteiger partial charge < -0.3 is 15.2 Å². The molecular weight excluding hydrogens is 308 g/mol. The molecule has 2 aromatic carbocycles. The van der Waals surface area contributed by atoms with Gasteiger partial charge in [0.2, 0.25) is 0 Å². The third-order valence-corrected chi connectivity index (χ3v) is 4.28. The summed E-state index contributed by atoms with van der Waals surface area (Å²) in [5.41, 5.74) is 5.20. The number of aromatic nitrogens is 1. The topological polar surface area (TPSA) is 65.0 Å². The van der Waals surface area contributed by atoms with E-state index in [0.717, 1.165) is 16.4 Å². The number of benzene rings is 2. The summed E-state index contributed by atoms with van der Waals surface area (Å²) in [4.78, 5) is 15.5. The zero-order valence-corrected chi connectivity index (χ0v) is 13.6. The van der Waals surface area contributed by atoms with Crippen molar-refractivity contribution in [3.05, 3.63) is 64.5 Å². The molecule has 0 fully saturated rings. The van der Waals surface area contributed by atoms with Crippen LogP contribution in [0.3, 0.4) is 0 Å². The van der Waals surface area contributed by atoms with Crippen molar-refractivity contribution < 1.29 is 9.90 Å². The molecule has 116 valence electrons. The largest absolute Gasteiger partial charge is 0.545 e. The number of carbonyl (C=O) groups is 1. The maximum absolute atomic E-state index is 10.9. The van der Waals surface area contributed by atoms with Crippen LogP contribution in [0.5, 0.6) is 0 Å². The molecule has 0 saturated heterocycles. The smallest absolute Gasteiger partial charge is 0.187 e. The molecule has 0 radical (unpaired) electrons. The number of hydrogen-bond acceptors (Lipinski definition) is 5. The second-order valence-corrected chi connectivity index (χ2v) is 6.21. The minimum absolute atomic E-state index is 0.140. The Balaban J connectivity index is 1.86. The van der Waals surface area contributed by atoms with Crippen molar-refractivity contribution in [2.45, 2.75) is 13.8 Å². The van der Waals surface area contributed by atoms with E-state index in [1.165, 1.54) is 34.6 Å². The molecule has 5 heteroatoms. The first-order valence-corrected chi connectivity index (χ1v) is 8.02. The molecule has 0 aliphatic carbocycles. The first kappa shape index (κ1) is 15.2. The summed E-state index contributed by atoms with van der Waals surface area (Å²) in [6, 6.07) is 12.8. The first-order chi connectivity index (χ1) is 11.0. The lowest BCUT2D eigenvalue weighted by atomic mass is 10.0. The van der Waals surface area contributed by atoms with Gasteiger partial charge in [-0.15, -0.1) is 11.3 Å². The van der Waals surface area contributed by atoms with Crippen LogP contribution >= 0.6 is 11.3 Å². The number of hydrogen-bond donors (Lipinski definition) is 1. The highest BCUT2D eigenvalue weighted by Gasteiger charge is 2.08. The van der Waals surface area contributed by atoms with Crippen LogP contribution < -0.4 is 10.4 Å². The molecule has 0 aliphatic rings. The molecule has 0 aliphatic heterocycles. The van der Waals surface area contributed by atoms with E-state index >= 15 is 0 Å². The Labute approximate surface area is 138 Å². The Morgan fingerprint density at radius 1 is 1.17 bits per heavy atom. The van der Waals surface area contributed by atoms with Crippen LogP contribution in [0.4, 0.5) is 10.8 Å². The lowest BCUT2D eigenvalue weighted by Crippen LogP contribution is -2.22. The van der Waals surface area contributed by atoms with Gasteiger partial charge in [-0.3, -0.25) is 0 Å². The second-order valence-electron chi connectivity index (χ2n) is 5.35. The van der Waals surface area contributed by atoms with Crippen molar-refractivity contribution in [3.8, 4) is 11.3 Å². The lowest BCUT2D eigenvalue weighted by Gasteiger charge is -2.07. The molecule has 1 heterocycles. The van der Waals surface area contributed by atoms with Crippen LogP contribution in [0.25, 0.3) is 11.3 Å². The summed E-state index contributed by atoms with van der Waals surface area (Å²) < 4.78 is 0. The minimum atomic E-state index is -1.19. The van der Waals surface area contributed by atoms with Crippen molar-refractivity contribution in [3.63, 3.8) is 0 Å². The van der Waals surface area contributed by atoms with Gasteiger partial charge in [-0.05, 0) is 43.2 Å². The van der Waals surface area contributed by atoms with Crippen LogP contribution in [0, 0.1) is 13.8 Å². The van der Waals surface area contributed by atoms with Gasteiger partial charge >= 0.3 is 0 Å². The average molecular weight is 323 g/mol. The minimum Gasteiger partial charge on any atom is -0.545 e. The zero-order chi connectivity index (χ0) is 16.4. The number of carbonyl (C=O) groups excluding carboxylic acids is 1. The van der Waals surface area contributed by atoms with Gasteiger partial charge in [-0.2, -0.15) is 0 Å². The number of nitrogens with one attached hydrogen (secondary N) is 1. The van der Waals surface area contributed by atoms with Crippen molar-refractivity contribution in [2.75, 3.05) is 5.32 Å². The predicted octanol–water partition coefficient (Wildman–Crippen LogP) is 3.53. The van der Waals surface area contributed by atoms with E-state index in [2.05, 4.69) is 42.3 Å². The summed E-state index contributed by atoms with van der Waals surface area (Å²) in [5, 5.41) is 16.8. The second kappa shape index (κ2) is 6.22. The quantitative estimate of drug-likeness (QED) is 0.797. The normalized spacial score (nSPS) is 10.5. The Morgan fingerprint density at radius 2 is 2.00 bits per heavy atom. The number of anilines is 2. The van der Waals surface area contributed by atoms with E-state index in [9.17, 15) is 9.90 Å². The van der Waals surface area contributed by atoms with Gasteiger partial charge in [0.1, 0.15) is 0 Å². The van der Waals surface area contributed by atoms with Crippen LogP contribution in [-0.2, 0) is 0 Å². The van der Waals surface area contributed by atoms with Gasteiger partial charge in [-0.1, -0.05) is 29.8 Å². The van der Waals surface area contributed by atoms with Gasteiger partial charge in [0, 0.05) is 16.6 Å². The van der Waals surface area contributed by atoms with Crippen molar-refractivity contribution in [1.82, 2.24) is 4.98 Å². The predicted molar refractivity (Wildman–Crippen MR) is 91.1 cm³/mol. The van der Waals surface area contributed by atoms with Crippen molar-refractivity contribution in [1.29, 1.82) is 0 Å². The molecule has 1 N–H and O–H groups in total. The van der Waals surface area contributed by atoms with E-state index in [1.807, 2.05) is 5.38 Å². The van der Waals surface area contributed by atoms with E-state index in [-0.39, 0.29) is 5.56 Å². The standard InChI is InChI=1S/C18H16N2O2S/c1-11-6-7-12(2)15(8-11)16-10-23-18(20-16)19-14-5-3-4-13(9-14)17(21)22/h3-10H,1-2H3,(H,19,20)(H,21,22)/p-1. The summed E-state index contributed by atoms with van der Waals surface area (Å²) >= 11 is 1.48. The maximum atomic E-state index is 10.9. The number of carboxylic acids is 1. The number of carboxylic acid groups (broad SMARTS) is 1. The fourth-order valence-electron chi connectivity index (χ4n) is 2.31. The fourth-order valence-corrected chi connectivity index (χ4v) is 3.04. The highest BCUT2D eigenvalue weighted by molar-refractivity contribution is 7.14. The van der Waals surface area contributed by atoms with Crippen LogP contribution in [0.2, 0.25) is 0 Å². The van der Waals surface area contributed by atoms with Gasteiger partial charge in [-0.25, -0.2) is 4.98 Å². The molecule has 0 atom stereocenters. The lowest BCUT2D eigenvalue weighted by molar-refractivity contribution is -0.255. The number of aryl methyl sites for hydroxylation is 2. The van der Waals surface area contributed by atoms with E-state index < -0.39 is 5.97 Å². The molecule has 0 saturated carbocycles. The van der Waals surface area contributed by atoms with Gasteiger partial charge in [0.15, 0.2) is 5.13 Å². The number of aromatic carboxylic acids is 1. The first-order valence-electron chi connectivity index (χ1n) is 7.14. The van der Waals surface area contributed by atoms with Crippen molar-refractivity contribution in [2.24, 2.45) is 0 Å². The third kappa shape index (κ3) is 3.40. The summed E-state index contributed by atoms with van der Waals surface area (Å²) in [7, 11) is 0. The third-order valence-electron chi connectivity index (χ3n) is 3.52. The van der Waals surface area contributed by atoms with Crippen LogP contribution in [-0.4, -0.2) is 11.0 Å². The number of thiazole rings is 1. The highest BCUT2D eigenvalue weighted by atomic mass is 32.1. The summed E-state index contributed by atoms with van der Waals surface area (Å²) in [6.45, 7) is 4.12. The zero-order valence-electron chi connectivity index (χ0n) is 12.8. The number of nitrogens with zero attached hydrogens (tertiary/aromatic N) is 1. The summed E-state index contributed by atoms with van der Waals surface area (Å²) in [5.74, 6) is -1.19. The SMILES string of the molecule is Cc1ccc(C)c(-c2csc(Nc3cccc(C(=O)[O-])c3)n2)c1.